The number of hydrogen-bond donors (Lipinski definition) is 2. The first-order chi connectivity index (χ1) is 15.8. The van der Waals surface area contributed by atoms with E-state index >= 15 is 0 Å². The molecule has 0 spiro atoms. The molecule has 1 fully saturated rings. The average molecular weight is 464 g/mol. The lowest BCUT2D eigenvalue weighted by Crippen LogP contribution is -2.29. The number of anilines is 1. The van der Waals surface area contributed by atoms with Crippen molar-refractivity contribution in [2.75, 3.05) is 12.0 Å². The van der Waals surface area contributed by atoms with Crippen LogP contribution in [0.5, 0.6) is 11.5 Å². The molecule has 0 aromatic heterocycles. The van der Waals surface area contributed by atoms with Crippen LogP contribution in [0.2, 0.25) is 5.02 Å². The molecule has 1 aliphatic rings. The summed E-state index contributed by atoms with van der Waals surface area (Å²) in [4.78, 5) is 27.7. The predicted octanol–water partition coefficient (Wildman–Crippen LogP) is 5.24. The molecule has 1 aliphatic heterocycles. The molecule has 1 unspecified atom stereocenters. The first-order valence-corrected chi connectivity index (χ1v) is 10.8. The van der Waals surface area contributed by atoms with Gasteiger partial charge in [0.2, 0.25) is 0 Å². The highest BCUT2D eigenvalue weighted by molar-refractivity contribution is 6.51. The van der Waals surface area contributed by atoms with Gasteiger partial charge in [0.05, 0.1) is 23.7 Å². The molecule has 1 atom stereocenters. The van der Waals surface area contributed by atoms with Crippen LogP contribution in [0.4, 0.5) is 5.69 Å². The molecule has 1 heterocycles. The highest BCUT2D eigenvalue weighted by Crippen LogP contribution is 2.43. The molecule has 0 radical (unpaired) electrons. The van der Waals surface area contributed by atoms with Crippen LogP contribution in [0, 0.1) is 0 Å². The number of carbonyl (C=O) groups excluding carboxylic acids is 2. The van der Waals surface area contributed by atoms with Crippen LogP contribution in [-0.4, -0.2) is 29.0 Å². The van der Waals surface area contributed by atoms with Crippen LogP contribution < -0.4 is 9.64 Å². The van der Waals surface area contributed by atoms with Gasteiger partial charge in [-0.15, -0.1) is 0 Å². The summed E-state index contributed by atoms with van der Waals surface area (Å²) in [6.45, 7) is 2.02. The van der Waals surface area contributed by atoms with Gasteiger partial charge in [-0.1, -0.05) is 36.7 Å². The fourth-order valence-electron chi connectivity index (χ4n) is 3.90. The number of ether oxygens (including phenoxy) is 1. The number of hydrogen-bond acceptors (Lipinski definition) is 5. The second-order valence-electron chi connectivity index (χ2n) is 7.63. The van der Waals surface area contributed by atoms with Gasteiger partial charge in [-0.05, 0) is 66.1 Å². The van der Waals surface area contributed by atoms with Gasteiger partial charge >= 0.3 is 0 Å². The maximum atomic E-state index is 13.2. The molecule has 3 aromatic carbocycles. The van der Waals surface area contributed by atoms with Gasteiger partial charge in [0.25, 0.3) is 11.7 Å². The monoisotopic (exact) mass is 463 g/mol. The first kappa shape index (κ1) is 22.4. The van der Waals surface area contributed by atoms with Crippen molar-refractivity contribution in [2.24, 2.45) is 0 Å². The van der Waals surface area contributed by atoms with Crippen molar-refractivity contribution in [1.29, 1.82) is 0 Å². The quantitative estimate of drug-likeness (QED) is 0.307. The average Bonchev–Trinajstić information content (AvgIpc) is 3.11. The lowest BCUT2D eigenvalue weighted by molar-refractivity contribution is -0.132. The number of phenols is 1. The number of aryl methyl sites for hydroxylation is 1. The Morgan fingerprint density at radius 1 is 1.03 bits per heavy atom. The summed E-state index contributed by atoms with van der Waals surface area (Å²) < 4.78 is 5.16. The summed E-state index contributed by atoms with van der Waals surface area (Å²) in [5.74, 6) is -1.41. The second kappa shape index (κ2) is 9.00. The van der Waals surface area contributed by atoms with Crippen LogP contribution in [0.15, 0.2) is 72.3 Å². The van der Waals surface area contributed by atoms with E-state index in [0.29, 0.717) is 22.6 Å². The Morgan fingerprint density at radius 3 is 2.27 bits per heavy atom. The van der Waals surface area contributed by atoms with Gasteiger partial charge in [-0.2, -0.15) is 0 Å². The SMILES string of the molecule is CCc1ccc(N2C(=O)C(=O)/C(=C(\O)c3ccc(OC)cc3)C2c2ccc(O)c(Cl)c2)cc1. The van der Waals surface area contributed by atoms with E-state index in [1.807, 2.05) is 19.1 Å². The van der Waals surface area contributed by atoms with E-state index in [-0.39, 0.29) is 22.1 Å². The number of aliphatic hydroxyl groups is 1. The number of aromatic hydroxyl groups is 1. The third kappa shape index (κ3) is 4.05. The van der Waals surface area contributed by atoms with E-state index in [0.717, 1.165) is 12.0 Å². The Morgan fingerprint density at radius 2 is 1.70 bits per heavy atom. The fraction of sp³-hybridized carbons (Fsp3) is 0.154. The Balaban J connectivity index is 1.92. The molecule has 0 saturated carbocycles. The van der Waals surface area contributed by atoms with E-state index in [1.54, 1.807) is 42.5 Å². The molecule has 33 heavy (non-hydrogen) atoms. The highest BCUT2D eigenvalue weighted by atomic mass is 35.5. The van der Waals surface area contributed by atoms with Crippen molar-refractivity contribution >= 4 is 34.7 Å². The third-order valence-electron chi connectivity index (χ3n) is 5.72. The summed E-state index contributed by atoms with van der Waals surface area (Å²) >= 11 is 6.15. The number of halogens is 1. The predicted molar refractivity (Wildman–Crippen MR) is 127 cm³/mol. The zero-order valence-electron chi connectivity index (χ0n) is 18.1. The largest absolute Gasteiger partial charge is 0.507 e. The van der Waals surface area contributed by atoms with Crippen molar-refractivity contribution in [1.82, 2.24) is 0 Å². The van der Waals surface area contributed by atoms with E-state index in [2.05, 4.69) is 0 Å². The molecule has 0 bridgehead atoms. The van der Waals surface area contributed by atoms with Gasteiger partial charge in [0.15, 0.2) is 0 Å². The summed E-state index contributed by atoms with van der Waals surface area (Å²) in [7, 11) is 1.53. The zero-order valence-corrected chi connectivity index (χ0v) is 18.8. The molecule has 0 aliphatic carbocycles. The zero-order chi connectivity index (χ0) is 23.7. The highest BCUT2D eigenvalue weighted by Gasteiger charge is 2.47. The maximum Gasteiger partial charge on any atom is 0.300 e. The first-order valence-electron chi connectivity index (χ1n) is 10.4. The lowest BCUT2D eigenvalue weighted by Gasteiger charge is -2.26. The van der Waals surface area contributed by atoms with Crippen LogP contribution in [0.3, 0.4) is 0 Å². The van der Waals surface area contributed by atoms with Crippen LogP contribution in [0.25, 0.3) is 5.76 Å². The molecule has 1 saturated heterocycles. The third-order valence-corrected chi connectivity index (χ3v) is 6.02. The normalized spacial score (nSPS) is 17.4. The molecule has 3 aromatic rings. The molecule has 1 amide bonds. The van der Waals surface area contributed by atoms with Gasteiger partial charge in [-0.3, -0.25) is 14.5 Å². The molecule has 6 nitrogen and oxygen atoms in total. The minimum atomic E-state index is -0.933. The van der Waals surface area contributed by atoms with E-state index in [1.165, 1.54) is 24.1 Å². The number of benzene rings is 3. The van der Waals surface area contributed by atoms with Crippen LogP contribution in [0.1, 0.15) is 29.7 Å². The van der Waals surface area contributed by atoms with Crippen molar-refractivity contribution in [3.8, 4) is 11.5 Å². The molecule has 168 valence electrons. The van der Waals surface area contributed by atoms with Gasteiger partial charge in [0, 0.05) is 11.3 Å². The Labute approximate surface area is 196 Å². The summed E-state index contributed by atoms with van der Waals surface area (Å²) in [6.07, 6.45) is 0.827. The summed E-state index contributed by atoms with van der Waals surface area (Å²) in [5, 5.41) is 21.1. The van der Waals surface area contributed by atoms with Crippen molar-refractivity contribution in [2.45, 2.75) is 19.4 Å². The topological polar surface area (TPSA) is 87.1 Å². The lowest BCUT2D eigenvalue weighted by atomic mass is 9.95. The molecular formula is C26H22ClNO5. The van der Waals surface area contributed by atoms with Gasteiger partial charge in [0.1, 0.15) is 17.3 Å². The number of nitrogens with zero attached hydrogens (tertiary/aromatic N) is 1. The minimum absolute atomic E-state index is 0.0634. The number of methoxy groups -OCH3 is 1. The number of ketones is 1. The maximum absolute atomic E-state index is 13.2. The Hall–Kier alpha value is -3.77. The van der Waals surface area contributed by atoms with Crippen LogP contribution >= 0.6 is 11.6 Å². The second-order valence-corrected chi connectivity index (χ2v) is 8.04. The smallest absolute Gasteiger partial charge is 0.300 e. The number of Topliss-reactive ketones (excluding diaryl/α,β-unsaturated/α-hetero) is 1. The van der Waals surface area contributed by atoms with E-state index in [9.17, 15) is 19.8 Å². The van der Waals surface area contributed by atoms with E-state index < -0.39 is 17.7 Å². The van der Waals surface area contributed by atoms with Crippen LogP contribution in [-0.2, 0) is 16.0 Å². The molecule has 4 rings (SSSR count). The summed E-state index contributed by atoms with van der Waals surface area (Å²) in [5.41, 5.74) is 2.37. The van der Waals surface area contributed by atoms with Gasteiger partial charge in [-0.25, -0.2) is 0 Å². The standard InChI is InChI=1S/C26H22ClNO5/c1-3-15-4-9-18(10-5-15)28-23(17-8-13-21(29)20(27)14-17)22(25(31)26(28)32)24(30)16-6-11-19(33-2)12-7-16/h4-14,23,29-30H,3H2,1-2H3/b24-22-. The summed E-state index contributed by atoms with van der Waals surface area (Å²) in [6, 6.07) is 17.4. The van der Waals surface area contributed by atoms with Crippen molar-refractivity contribution in [3.05, 3.63) is 94.0 Å². The Kier molecular flexibility index (Phi) is 6.11. The number of rotatable bonds is 5. The fourth-order valence-corrected chi connectivity index (χ4v) is 4.09. The Bertz CT molecular complexity index is 1250. The minimum Gasteiger partial charge on any atom is -0.507 e. The van der Waals surface area contributed by atoms with Crippen molar-refractivity contribution < 1.29 is 24.5 Å². The molecular weight excluding hydrogens is 442 g/mol. The molecule has 7 heteroatoms. The number of carbonyl (C=O) groups is 2. The molecule has 2 N–H and O–H groups in total. The number of aliphatic hydroxyl groups excluding tert-OH is 1. The van der Waals surface area contributed by atoms with E-state index in [4.69, 9.17) is 16.3 Å². The van der Waals surface area contributed by atoms with Crippen molar-refractivity contribution in [3.63, 3.8) is 0 Å². The van der Waals surface area contributed by atoms with Gasteiger partial charge < -0.3 is 14.9 Å². The number of amides is 1. The number of phenolic OH excluding ortho intramolecular Hbond substituents is 1.